The lowest BCUT2D eigenvalue weighted by molar-refractivity contribution is -0.167. The Kier molecular flexibility index (Phi) is 43.8. The molecule has 0 bridgehead atoms. The first-order valence-corrected chi connectivity index (χ1v) is 24.5. The smallest absolute Gasteiger partial charge is 0.306 e. The van der Waals surface area contributed by atoms with Crippen molar-refractivity contribution in [2.45, 2.75) is 284 Å². The number of carbonyl (C=O) groups excluding carboxylic acids is 3. The van der Waals surface area contributed by atoms with Crippen LogP contribution in [0.3, 0.4) is 0 Å². The summed E-state index contributed by atoms with van der Waals surface area (Å²) in [6.07, 6.45) is 46.9. The zero-order valence-electron chi connectivity index (χ0n) is 37.2. The molecule has 0 spiro atoms. The van der Waals surface area contributed by atoms with E-state index in [1.54, 1.807) is 0 Å². The van der Waals surface area contributed by atoms with Crippen LogP contribution in [-0.2, 0) is 28.6 Å². The molecule has 0 aliphatic heterocycles. The van der Waals surface area contributed by atoms with Gasteiger partial charge in [0.1, 0.15) is 13.2 Å². The van der Waals surface area contributed by atoms with Gasteiger partial charge in [-0.2, -0.15) is 0 Å². The molecule has 0 rings (SSSR count). The zero-order chi connectivity index (χ0) is 40.1. The summed E-state index contributed by atoms with van der Waals surface area (Å²) < 4.78 is 16.6. The molecule has 0 saturated carbocycles. The fourth-order valence-corrected chi connectivity index (χ4v) is 7.38. The van der Waals surface area contributed by atoms with Gasteiger partial charge in [-0.1, -0.05) is 239 Å². The lowest BCUT2D eigenvalue weighted by atomic mass is 10.0. The fourth-order valence-electron chi connectivity index (χ4n) is 7.38. The van der Waals surface area contributed by atoms with Crippen molar-refractivity contribution >= 4 is 17.9 Å². The summed E-state index contributed by atoms with van der Waals surface area (Å²) in [7, 11) is 0. The third-order valence-corrected chi connectivity index (χ3v) is 11.1. The SMILES string of the molecule is CCCCCCCCCCCCCCCCCCCCCC(=O)OCC(COC(=O)CCCCCCC)OC(=O)CCCCCCCCCCCCCCC. The lowest BCUT2D eigenvalue weighted by Crippen LogP contribution is -2.30. The summed E-state index contributed by atoms with van der Waals surface area (Å²) in [5.41, 5.74) is 0. The van der Waals surface area contributed by atoms with E-state index in [-0.39, 0.29) is 31.1 Å². The van der Waals surface area contributed by atoms with E-state index in [2.05, 4.69) is 20.8 Å². The molecule has 0 radical (unpaired) electrons. The monoisotopic (exact) mass is 779 g/mol. The maximum atomic E-state index is 12.7. The average molecular weight is 779 g/mol. The molecule has 6 heteroatoms. The summed E-state index contributed by atoms with van der Waals surface area (Å²) in [5, 5.41) is 0. The van der Waals surface area contributed by atoms with Crippen molar-refractivity contribution in [2.75, 3.05) is 13.2 Å². The van der Waals surface area contributed by atoms with Crippen molar-refractivity contribution in [3.05, 3.63) is 0 Å². The van der Waals surface area contributed by atoms with Crippen molar-refractivity contribution in [2.24, 2.45) is 0 Å². The van der Waals surface area contributed by atoms with Gasteiger partial charge in [-0.05, 0) is 19.3 Å². The minimum Gasteiger partial charge on any atom is -0.462 e. The second-order valence-corrected chi connectivity index (χ2v) is 16.7. The summed E-state index contributed by atoms with van der Waals surface area (Å²) in [5.74, 6) is -0.861. The highest BCUT2D eigenvalue weighted by Crippen LogP contribution is 2.16. The maximum Gasteiger partial charge on any atom is 0.306 e. The molecule has 0 aromatic heterocycles. The van der Waals surface area contributed by atoms with Crippen molar-refractivity contribution in [1.82, 2.24) is 0 Å². The number of hydrogen-bond donors (Lipinski definition) is 0. The Morgan fingerprint density at radius 1 is 0.291 bits per heavy atom. The molecular weight excluding hydrogens is 685 g/mol. The number of rotatable bonds is 45. The van der Waals surface area contributed by atoms with Crippen LogP contribution in [0.4, 0.5) is 0 Å². The van der Waals surface area contributed by atoms with Crippen LogP contribution in [0.2, 0.25) is 0 Å². The topological polar surface area (TPSA) is 78.9 Å². The quantitative estimate of drug-likeness (QED) is 0.0348. The Morgan fingerprint density at radius 2 is 0.491 bits per heavy atom. The van der Waals surface area contributed by atoms with Crippen molar-refractivity contribution in [1.29, 1.82) is 0 Å². The van der Waals surface area contributed by atoms with E-state index in [1.807, 2.05) is 0 Å². The summed E-state index contributed by atoms with van der Waals surface area (Å²) in [4.78, 5) is 37.5. The van der Waals surface area contributed by atoms with E-state index in [0.717, 1.165) is 64.2 Å². The van der Waals surface area contributed by atoms with E-state index < -0.39 is 6.10 Å². The van der Waals surface area contributed by atoms with Crippen LogP contribution in [0.25, 0.3) is 0 Å². The molecule has 0 N–H and O–H groups in total. The van der Waals surface area contributed by atoms with Crippen molar-refractivity contribution in [3.63, 3.8) is 0 Å². The first kappa shape index (κ1) is 53.4. The van der Waals surface area contributed by atoms with E-state index in [1.165, 1.54) is 173 Å². The fraction of sp³-hybridized carbons (Fsp3) is 0.939. The van der Waals surface area contributed by atoms with Gasteiger partial charge >= 0.3 is 17.9 Å². The minimum atomic E-state index is -0.757. The van der Waals surface area contributed by atoms with Gasteiger partial charge in [-0.3, -0.25) is 14.4 Å². The summed E-state index contributed by atoms with van der Waals surface area (Å²) in [6, 6.07) is 0. The Morgan fingerprint density at radius 3 is 0.727 bits per heavy atom. The molecule has 0 aliphatic rings. The van der Waals surface area contributed by atoms with Crippen LogP contribution >= 0.6 is 0 Å². The lowest BCUT2D eigenvalue weighted by Gasteiger charge is -2.18. The van der Waals surface area contributed by atoms with Crippen LogP contribution in [-0.4, -0.2) is 37.2 Å². The Hall–Kier alpha value is -1.59. The predicted molar refractivity (Wildman–Crippen MR) is 233 cm³/mol. The van der Waals surface area contributed by atoms with Crippen LogP contribution in [0.1, 0.15) is 278 Å². The van der Waals surface area contributed by atoms with E-state index in [0.29, 0.717) is 19.3 Å². The summed E-state index contributed by atoms with van der Waals surface area (Å²) in [6.45, 7) is 6.59. The van der Waals surface area contributed by atoms with Crippen LogP contribution in [0, 0.1) is 0 Å². The van der Waals surface area contributed by atoms with E-state index >= 15 is 0 Å². The highest BCUT2D eigenvalue weighted by molar-refractivity contribution is 5.71. The van der Waals surface area contributed by atoms with Crippen LogP contribution in [0.15, 0.2) is 0 Å². The second kappa shape index (κ2) is 45.1. The van der Waals surface area contributed by atoms with Crippen molar-refractivity contribution < 1.29 is 28.6 Å². The Bertz CT molecular complexity index is 813. The molecule has 6 nitrogen and oxygen atoms in total. The molecule has 0 amide bonds. The average Bonchev–Trinajstić information content (AvgIpc) is 3.18. The number of unbranched alkanes of at least 4 members (excludes halogenated alkanes) is 34. The normalized spacial score (nSPS) is 11.8. The standard InChI is InChI=1S/C49H94O6/c1-4-7-10-13-15-17-19-21-22-23-24-25-26-28-29-31-33-36-39-42-48(51)54-45-46(44-53-47(50)41-38-35-12-9-6-3)55-49(52)43-40-37-34-32-30-27-20-18-16-14-11-8-5-2/h46H,4-45H2,1-3H3. The first-order valence-electron chi connectivity index (χ1n) is 24.5. The molecule has 0 fully saturated rings. The number of hydrogen-bond acceptors (Lipinski definition) is 6. The molecule has 0 heterocycles. The second-order valence-electron chi connectivity index (χ2n) is 16.7. The van der Waals surface area contributed by atoms with Crippen LogP contribution < -0.4 is 0 Å². The van der Waals surface area contributed by atoms with Crippen molar-refractivity contribution in [3.8, 4) is 0 Å². The maximum absolute atomic E-state index is 12.7. The third kappa shape index (κ3) is 43.4. The molecule has 1 unspecified atom stereocenters. The van der Waals surface area contributed by atoms with Gasteiger partial charge in [0.05, 0.1) is 0 Å². The zero-order valence-corrected chi connectivity index (χ0v) is 37.2. The van der Waals surface area contributed by atoms with E-state index in [4.69, 9.17) is 14.2 Å². The molecule has 0 aliphatic carbocycles. The Balaban J connectivity index is 4.09. The number of carbonyl (C=O) groups is 3. The highest BCUT2D eigenvalue weighted by atomic mass is 16.6. The first-order chi connectivity index (χ1) is 27.0. The van der Waals surface area contributed by atoms with Gasteiger partial charge in [0, 0.05) is 19.3 Å². The minimum absolute atomic E-state index is 0.0634. The summed E-state index contributed by atoms with van der Waals surface area (Å²) >= 11 is 0. The van der Waals surface area contributed by atoms with Gasteiger partial charge < -0.3 is 14.2 Å². The molecule has 0 saturated heterocycles. The highest BCUT2D eigenvalue weighted by Gasteiger charge is 2.19. The largest absolute Gasteiger partial charge is 0.462 e. The van der Waals surface area contributed by atoms with Gasteiger partial charge in [-0.25, -0.2) is 0 Å². The molecule has 0 aromatic rings. The molecule has 1 atom stereocenters. The van der Waals surface area contributed by atoms with Gasteiger partial charge in [0.15, 0.2) is 6.10 Å². The molecule has 55 heavy (non-hydrogen) atoms. The Labute approximate surface area is 342 Å². The number of ether oxygens (including phenoxy) is 3. The molecular formula is C49H94O6. The van der Waals surface area contributed by atoms with E-state index in [9.17, 15) is 14.4 Å². The molecule has 326 valence electrons. The number of esters is 3. The third-order valence-electron chi connectivity index (χ3n) is 11.1. The van der Waals surface area contributed by atoms with Crippen LogP contribution in [0.5, 0.6) is 0 Å². The van der Waals surface area contributed by atoms with Gasteiger partial charge in [0.2, 0.25) is 0 Å². The molecule has 0 aromatic carbocycles. The van der Waals surface area contributed by atoms with Gasteiger partial charge in [-0.15, -0.1) is 0 Å². The predicted octanol–water partition coefficient (Wildman–Crippen LogP) is 15.6. The van der Waals surface area contributed by atoms with Gasteiger partial charge in [0.25, 0.3) is 0 Å².